The van der Waals surface area contributed by atoms with Crippen LogP contribution in [0.3, 0.4) is 0 Å². The Morgan fingerprint density at radius 3 is 2.54 bits per heavy atom. The van der Waals surface area contributed by atoms with Crippen molar-refractivity contribution in [2.75, 3.05) is 7.05 Å². The molecule has 2 heterocycles. The number of halogens is 2. The Morgan fingerprint density at radius 2 is 1.79 bits per heavy atom. The zero-order valence-corrected chi connectivity index (χ0v) is 15.2. The van der Waals surface area contributed by atoms with E-state index in [-0.39, 0.29) is 34.1 Å². The van der Waals surface area contributed by atoms with E-state index < -0.39 is 11.6 Å². The zero-order valence-electron chi connectivity index (χ0n) is 15.2. The van der Waals surface area contributed by atoms with Gasteiger partial charge in [0.05, 0.1) is 11.6 Å². The Hall–Kier alpha value is -3.48. The van der Waals surface area contributed by atoms with Crippen LogP contribution in [-0.4, -0.2) is 27.8 Å². The Bertz CT molecular complexity index is 1280. The molecule has 28 heavy (non-hydrogen) atoms. The number of carbonyl (C=O) groups excluding carboxylic acids is 1. The number of aromatic nitrogens is 2. The van der Waals surface area contributed by atoms with Gasteiger partial charge < -0.3 is 14.9 Å². The Balaban J connectivity index is 1.72. The maximum Gasteiger partial charge on any atom is 0.270 e. The van der Waals surface area contributed by atoms with Crippen LogP contribution < -0.4 is 5.56 Å². The van der Waals surface area contributed by atoms with Gasteiger partial charge in [-0.2, -0.15) is 0 Å². The molecule has 0 radical (unpaired) electrons. The van der Waals surface area contributed by atoms with Crippen molar-refractivity contribution in [2.24, 2.45) is 0 Å². The largest absolute Gasteiger partial charge is 0.350 e. The van der Waals surface area contributed by atoms with Crippen LogP contribution in [0, 0.1) is 11.6 Å². The van der Waals surface area contributed by atoms with E-state index in [4.69, 9.17) is 0 Å². The predicted molar refractivity (Wildman–Crippen MR) is 103 cm³/mol. The topological polar surface area (TPSA) is 69.0 Å². The van der Waals surface area contributed by atoms with Gasteiger partial charge in [-0.3, -0.25) is 9.59 Å². The minimum Gasteiger partial charge on any atom is -0.350 e. The molecule has 1 amide bonds. The molecule has 7 heteroatoms. The number of pyridine rings is 1. The summed E-state index contributed by atoms with van der Waals surface area (Å²) in [5, 5.41) is 1.44. The first kappa shape index (κ1) is 17.9. The van der Waals surface area contributed by atoms with Gasteiger partial charge in [-0.05, 0) is 36.1 Å². The number of H-pyrrole nitrogens is 2. The second kappa shape index (κ2) is 6.60. The summed E-state index contributed by atoms with van der Waals surface area (Å²) in [6.45, 7) is 1.83. The van der Waals surface area contributed by atoms with Gasteiger partial charge in [0.2, 0.25) is 0 Å². The Morgan fingerprint density at radius 1 is 1.07 bits per heavy atom. The van der Waals surface area contributed by atoms with E-state index in [1.165, 1.54) is 11.0 Å². The van der Waals surface area contributed by atoms with Crippen LogP contribution in [0.25, 0.3) is 21.7 Å². The molecule has 0 unspecified atom stereocenters. The van der Waals surface area contributed by atoms with Gasteiger partial charge in [-0.25, -0.2) is 8.78 Å². The zero-order chi connectivity index (χ0) is 20.0. The van der Waals surface area contributed by atoms with Gasteiger partial charge in [0.1, 0.15) is 17.3 Å². The van der Waals surface area contributed by atoms with Crippen molar-refractivity contribution in [2.45, 2.75) is 13.0 Å². The summed E-state index contributed by atoms with van der Waals surface area (Å²) < 4.78 is 27.4. The molecule has 0 aliphatic heterocycles. The summed E-state index contributed by atoms with van der Waals surface area (Å²) >= 11 is 0. The molecule has 1 atom stereocenters. The normalized spacial score (nSPS) is 12.4. The highest BCUT2D eigenvalue weighted by atomic mass is 19.1. The first-order chi connectivity index (χ1) is 13.4. The number of nitrogens with one attached hydrogen (secondary N) is 2. The van der Waals surface area contributed by atoms with Crippen molar-refractivity contribution >= 4 is 27.6 Å². The van der Waals surface area contributed by atoms with E-state index in [1.807, 2.05) is 19.1 Å². The lowest BCUT2D eigenvalue weighted by molar-refractivity contribution is 0.0738. The fourth-order valence-corrected chi connectivity index (χ4v) is 3.43. The van der Waals surface area contributed by atoms with Gasteiger partial charge in [0.25, 0.3) is 11.5 Å². The molecule has 0 aliphatic carbocycles. The van der Waals surface area contributed by atoms with E-state index in [0.29, 0.717) is 5.39 Å². The highest BCUT2D eigenvalue weighted by Crippen LogP contribution is 2.27. The van der Waals surface area contributed by atoms with E-state index in [9.17, 15) is 18.4 Å². The molecule has 142 valence electrons. The molecule has 2 aromatic heterocycles. The number of benzene rings is 2. The average molecular weight is 381 g/mol. The molecular weight excluding hydrogens is 364 g/mol. The third kappa shape index (κ3) is 2.85. The van der Waals surface area contributed by atoms with Crippen LogP contribution in [0.4, 0.5) is 8.78 Å². The number of rotatable bonds is 3. The molecule has 4 rings (SSSR count). The predicted octanol–water partition coefficient (Wildman–Crippen LogP) is 4.12. The van der Waals surface area contributed by atoms with Crippen LogP contribution in [0.15, 0.2) is 53.5 Å². The van der Waals surface area contributed by atoms with E-state index in [0.717, 1.165) is 23.1 Å². The van der Waals surface area contributed by atoms with Crippen molar-refractivity contribution in [1.29, 1.82) is 0 Å². The number of carbonyl (C=O) groups is 1. The van der Waals surface area contributed by atoms with Crippen LogP contribution >= 0.6 is 0 Å². The standard InChI is InChI=1S/C21H17F2N3O2/c1-11(16-10-24-20(27)14-6-4-3-5-13(14)16)26(2)21(28)19-9-15-17(23)7-12(22)8-18(15)25-19/h3-11,25H,1-2H3,(H,24,27)/t11-/m0/s1. The van der Waals surface area contributed by atoms with E-state index in [1.54, 1.807) is 25.4 Å². The Labute approximate surface area is 158 Å². The summed E-state index contributed by atoms with van der Waals surface area (Å²) in [6, 6.07) is 10.1. The number of aromatic amines is 2. The second-order valence-corrected chi connectivity index (χ2v) is 6.74. The van der Waals surface area contributed by atoms with Crippen molar-refractivity contribution in [3.63, 3.8) is 0 Å². The molecule has 2 N–H and O–H groups in total. The Kier molecular flexibility index (Phi) is 4.22. The van der Waals surface area contributed by atoms with Gasteiger partial charge in [0.15, 0.2) is 0 Å². The number of hydrogen-bond acceptors (Lipinski definition) is 2. The van der Waals surface area contributed by atoms with Crippen LogP contribution in [0.2, 0.25) is 0 Å². The highest BCUT2D eigenvalue weighted by molar-refractivity contribution is 5.98. The molecule has 0 saturated carbocycles. The third-order valence-corrected chi connectivity index (χ3v) is 5.08. The van der Waals surface area contributed by atoms with Crippen molar-refractivity contribution in [3.05, 3.63) is 81.9 Å². The van der Waals surface area contributed by atoms with Crippen molar-refractivity contribution in [1.82, 2.24) is 14.9 Å². The van der Waals surface area contributed by atoms with Gasteiger partial charge >= 0.3 is 0 Å². The van der Waals surface area contributed by atoms with E-state index >= 15 is 0 Å². The minimum atomic E-state index is -0.729. The minimum absolute atomic E-state index is 0.153. The molecular formula is C21H17F2N3O2. The molecule has 0 spiro atoms. The fourth-order valence-electron chi connectivity index (χ4n) is 3.43. The smallest absolute Gasteiger partial charge is 0.270 e. The van der Waals surface area contributed by atoms with Crippen molar-refractivity contribution in [3.8, 4) is 0 Å². The number of amides is 1. The quantitative estimate of drug-likeness (QED) is 0.560. The maximum absolute atomic E-state index is 13.9. The number of hydrogen-bond donors (Lipinski definition) is 2. The first-order valence-electron chi connectivity index (χ1n) is 8.72. The van der Waals surface area contributed by atoms with E-state index in [2.05, 4.69) is 9.97 Å². The van der Waals surface area contributed by atoms with Gasteiger partial charge in [-0.1, -0.05) is 18.2 Å². The average Bonchev–Trinajstić information content (AvgIpc) is 3.11. The van der Waals surface area contributed by atoms with Crippen LogP contribution in [0.1, 0.15) is 29.0 Å². The lowest BCUT2D eigenvalue weighted by atomic mass is 10.0. The van der Waals surface area contributed by atoms with Crippen molar-refractivity contribution < 1.29 is 13.6 Å². The monoisotopic (exact) mass is 381 g/mol. The van der Waals surface area contributed by atoms with Crippen LogP contribution in [-0.2, 0) is 0 Å². The highest BCUT2D eigenvalue weighted by Gasteiger charge is 2.23. The maximum atomic E-state index is 13.9. The molecule has 0 bridgehead atoms. The van der Waals surface area contributed by atoms with Crippen LogP contribution in [0.5, 0.6) is 0 Å². The number of fused-ring (bicyclic) bond motifs is 2. The third-order valence-electron chi connectivity index (χ3n) is 5.08. The first-order valence-corrected chi connectivity index (χ1v) is 8.72. The molecule has 5 nitrogen and oxygen atoms in total. The molecule has 4 aromatic rings. The second-order valence-electron chi connectivity index (χ2n) is 6.74. The van der Waals surface area contributed by atoms with Gasteiger partial charge in [-0.15, -0.1) is 0 Å². The molecule has 0 aliphatic rings. The summed E-state index contributed by atoms with van der Waals surface area (Å²) in [6.07, 6.45) is 1.60. The summed E-state index contributed by atoms with van der Waals surface area (Å²) in [4.78, 5) is 31.9. The number of nitrogens with zero attached hydrogens (tertiary/aromatic N) is 1. The fraction of sp³-hybridized carbons (Fsp3) is 0.143. The van der Waals surface area contributed by atoms with Gasteiger partial charge in [0, 0.05) is 30.1 Å². The SMILES string of the molecule is C[C@@H](c1c[nH]c(=O)c2ccccc12)N(C)C(=O)c1cc2c(F)cc(F)cc2[nH]1. The lowest BCUT2D eigenvalue weighted by Gasteiger charge is -2.25. The molecule has 2 aromatic carbocycles. The summed E-state index contributed by atoms with van der Waals surface area (Å²) in [5.41, 5.74) is 0.951. The molecule has 0 fully saturated rings. The summed E-state index contributed by atoms with van der Waals surface area (Å²) in [5.74, 6) is -1.82. The lowest BCUT2D eigenvalue weighted by Crippen LogP contribution is -2.30. The summed E-state index contributed by atoms with van der Waals surface area (Å²) in [7, 11) is 1.62. The molecule has 0 saturated heterocycles.